The average molecular weight is 671 g/mol. The number of amides is 2. The van der Waals surface area contributed by atoms with Crippen LogP contribution in [0.3, 0.4) is 0 Å². The Morgan fingerprint density at radius 2 is 0.860 bits per heavy atom. The second-order valence-corrected chi connectivity index (χ2v) is 14.2. The summed E-state index contributed by atoms with van der Waals surface area (Å²) in [7, 11) is 0. The first-order valence-corrected chi connectivity index (χ1v) is 16.2. The molecule has 252 valence electrons. The Hall–Kier alpha value is -5.83. The van der Waals surface area contributed by atoms with Crippen LogP contribution in [0.1, 0.15) is 57.5 Å². The molecule has 0 aliphatic heterocycles. The minimum Gasteiger partial charge on any atom is -0.325 e. The first-order valence-electron chi connectivity index (χ1n) is 16.2. The molecule has 50 heavy (non-hydrogen) atoms. The number of hydrogen-bond donors (Lipinski definition) is 2. The molecule has 2 N–H and O–H groups in total. The Kier molecular flexibility index (Phi) is 8.78. The molecule has 0 unspecified atom stereocenters. The van der Waals surface area contributed by atoms with Crippen molar-refractivity contribution in [1.29, 1.82) is 0 Å². The molecule has 0 saturated heterocycles. The summed E-state index contributed by atoms with van der Waals surface area (Å²) in [5, 5.41) is 6.10. The Bertz CT molecular complexity index is 2180. The molecule has 0 aliphatic carbocycles. The van der Waals surface area contributed by atoms with Crippen LogP contribution >= 0.6 is 0 Å². The zero-order chi connectivity index (χ0) is 36.0. The van der Waals surface area contributed by atoms with E-state index in [2.05, 4.69) is 20.6 Å². The molecule has 6 rings (SSSR count). The number of nitrogens with one attached hydrogen (secondary N) is 2. The molecule has 0 saturated carbocycles. The maximum Gasteiger partial charge on any atom is 0.229 e. The summed E-state index contributed by atoms with van der Waals surface area (Å²) in [6, 6.07) is 26.4. The molecule has 0 spiro atoms. The van der Waals surface area contributed by atoms with Crippen LogP contribution in [0.5, 0.6) is 0 Å². The summed E-state index contributed by atoms with van der Waals surface area (Å²) >= 11 is 0. The van der Waals surface area contributed by atoms with Crippen molar-refractivity contribution in [2.75, 3.05) is 10.6 Å². The summed E-state index contributed by atoms with van der Waals surface area (Å²) in [6.07, 6.45) is 0. The maximum atomic E-state index is 17.1. The van der Waals surface area contributed by atoms with E-state index in [1.54, 1.807) is 139 Å². The van der Waals surface area contributed by atoms with E-state index < -0.39 is 28.2 Å². The number of anilines is 2. The second kappa shape index (κ2) is 12.9. The van der Waals surface area contributed by atoms with Gasteiger partial charge in [0, 0.05) is 32.7 Å². The highest BCUT2D eigenvalue weighted by atomic mass is 19.1. The van der Waals surface area contributed by atoms with Crippen LogP contribution in [0.4, 0.5) is 20.2 Å². The molecule has 0 aliphatic rings. The van der Waals surface area contributed by atoms with Gasteiger partial charge in [0.05, 0.1) is 33.5 Å². The van der Waals surface area contributed by atoms with Gasteiger partial charge in [0.1, 0.15) is 11.4 Å². The van der Waals surface area contributed by atoms with Gasteiger partial charge in [0.2, 0.25) is 11.8 Å². The molecule has 2 heterocycles. The van der Waals surface area contributed by atoms with Crippen molar-refractivity contribution in [3.8, 4) is 22.5 Å². The molecule has 7 nitrogen and oxygen atoms in total. The largest absolute Gasteiger partial charge is 0.325 e. The normalized spacial score (nSPS) is 11.8. The van der Waals surface area contributed by atoms with Gasteiger partial charge in [0.15, 0.2) is 17.4 Å². The van der Waals surface area contributed by atoms with Crippen molar-refractivity contribution in [2.45, 2.75) is 41.5 Å². The Balaban J connectivity index is 1.59. The van der Waals surface area contributed by atoms with Crippen molar-refractivity contribution in [1.82, 2.24) is 9.97 Å². The third-order valence-electron chi connectivity index (χ3n) is 8.34. The number of fused-ring (bicyclic) bond motifs is 2. The maximum absolute atomic E-state index is 17.1. The number of ketones is 1. The molecule has 0 bridgehead atoms. The molecule has 9 heteroatoms. The molecule has 0 atom stereocenters. The molecule has 4 aromatic carbocycles. The van der Waals surface area contributed by atoms with Crippen LogP contribution in [0.2, 0.25) is 0 Å². The number of carbonyl (C=O) groups excluding carboxylic acids is 3. The zero-order valence-corrected chi connectivity index (χ0v) is 28.6. The van der Waals surface area contributed by atoms with Gasteiger partial charge >= 0.3 is 0 Å². The lowest BCUT2D eigenvalue weighted by Gasteiger charge is -2.20. The Morgan fingerprint density at radius 3 is 1.24 bits per heavy atom. The number of benzene rings is 4. The van der Waals surface area contributed by atoms with Crippen LogP contribution in [-0.2, 0) is 9.59 Å². The number of nitrogens with zero attached hydrogens (tertiary/aromatic N) is 2. The lowest BCUT2D eigenvalue weighted by molar-refractivity contribution is -0.123. The molecular weight excluding hydrogens is 634 g/mol. The number of halogens is 2. The van der Waals surface area contributed by atoms with Crippen LogP contribution in [-0.4, -0.2) is 27.6 Å². The molecular formula is C41H36F2N4O3. The molecule has 0 radical (unpaired) electrons. The quantitative estimate of drug-likeness (QED) is 0.172. The third-order valence-corrected chi connectivity index (χ3v) is 8.34. The van der Waals surface area contributed by atoms with Crippen molar-refractivity contribution in [3.05, 3.63) is 120 Å². The number of pyridine rings is 2. The first-order chi connectivity index (χ1) is 23.7. The minimum atomic E-state index is -0.967. The van der Waals surface area contributed by atoms with E-state index in [9.17, 15) is 14.4 Å². The Labute approximate surface area is 288 Å². The number of hydrogen-bond acceptors (Lipinski definition) is 5. The van der Waals surface area contributed by atoms with Crippen molar-refractivity contribution < 1.29 is 23.2 Å². The monoisotopic (exact) mass is 670 g/mol. The van der Waals surface area contributed by atoms with E-state index in [1.807, 2.05) is 0 Å². The molecule has 0 fully saturated rings. The summed E-state index contributed by atoms with van der Waals surface area (Å²) in [4.78, 5) is 49.9. The van der Waals surface area contributed by atoms with Crippen LogP contribution in [0, 0.1) is 22.5 Å². The highest BCUT2D eigenvalue weighted by Gasteiger charge is 2.31. The van der Waals surface area contributed by atoms with Gasteiger partial charge in [-0.15, -0.1) is 0 Å². The average Bonchev–Trinajstić information content (AvgIpc) is 3.07. The Morgan fingerprint density at radius 1 is 0.520 bits per heavy atom. The number of carbonyl (C=O) groups is 3. The zero-order valence-electron chi connectivity index (χ0n) is 28.6. The number of aromatic nitrogens is 2. The lowest BCUT2D eigenvalue weighted by Crippen LogP contribution is -2.28. The predicted octanol–water partition coefficient (Wildman–Crippen LogP) is 9.60. The fourth-order valence-corrected chi connectivity index (χ4v) is 5.52. The fraction of sp³-hybridized carbons (Fsp3) is 0.195. The highest BCUT2D eigenvalue weighted by molar-refractivity contribution is 6.22. The van der Waals surface area contributed by atoms with Gasteiger partial charge < -0.3 is 10.6 Å². The van der Waals surface area contributed by atoms with E-state index >= 15 is 8.78 Å². The summed E-state index contributed by atoms with van der Waals surface area (Å²) in [6.45, 7) is 10.6. The van der Waals surface area contributed by atoms with Gasteiger partial charge in [-0.1, -0.05) is 114 Å². The van der Waals surface area contributed by atoms with Crippen molar-refractivity contribution >= 4 is 50.8 Å². The minimum absolute atomic E-state index is 0.175. The SMILES string of the molecule is CC(C)(C)C(=O)Nc1ccccc1-c1nc2ccccc2c(C(=O)c2c(F)c(-c3ccccc3NC(=O)C(C)(C)C)nc3ccccc23)c1F. The summed E-state index contributed by atoms with van der Waals surface area (Å²) in [5.74, 6) is -3.43. The molecule has 2 amide bonds. The topological polar surface area (TPSA) is 101 Å². The van der Waals surface area contributed by atoms with Gasteiger partial charge in [-0.25, -0.2) is 18.7 Å². The van der Waals surface area contributed by atoms with Gasteiger partial charge in [-0.2, -0.15) is 0 Å². The van der Waals surface area contributed by atoms with E-state index in [4.69, 9.17) is 0 Å². The summed E-state index contributed by atoms with van der Waals surface area (Å²) in [5.41, 5.74) is -0.845. The predicted molar refractivity (Wildman–Crippen MR) is 194 cm³/mol. The molecule has 6 aromatic rings. The van der Waals surface area contributed by atoms with E-state index in [0.29, 0.717) is 22.4 Å². The van der Waals surface area contributed by atoms with E-state index in [0.717, 1.165) is 0 Å². The third kappa shape index (κ3) is 6.34. The van der Waals surface area contributed by atoms with E-state index in [1.165, 1.54) is 0 Å². The standard InChI is InChI=1S/C41H36F2N4O3/c1-40(2,3)38(49)46-29-21-13-9-17-25(29)35-33(42)31(23-15-7-11-19-27(23)44-35)37(48)32-24-16-8-12-20-28(24)45-36(34(32)43)26-18-10-14-22-30(26)47-39(50)41(4,5)6/h7-22H,1-6H3,(H,46,49)(H,47,50). The van der Waals surface area contributed by atoms with Crippen LogP contribution in [0.25, 0.3) is 44.3 Å². The van der Waals surface area contributed by atoms with E-state index in [-0.39, 0.29) is 56.2 Å². The van der Waals surface area contributed by atoms with Crippen LogP contribution < -0.4 is 10.6 Å². The van der Waals surface area contributed by atoms with Crippen molar-refractivity contribution in [3.63, 3.8) is 0 Å². The van der Waals surface area contributed by atoms with Gasteiger partial charge in [0.25, 0.3) is 0 Å². The summed E-state index contributed by atoms with van der Waals surface area (Å²) < 4.78 is 34.1. The smallest absolute Gasteiger partial charge is 0.229 e. The lowest BCUT2D eigenvalue weighted by atomic mass is 9.92. The van der Waals surface area contributed by atoms with Gasteiger partial charge in [-0.3, -0.25) is 14.4 Å². The number of para-hydroxylation sites is 4. The van der Waals surface area contributed by atoms with Crippen LogP contribution in [0.15, 0.2) is 97.1 Å². The molecule has 2 aromatic heterocycles. The van der Waals surface area contributed by atoms with Crippen molar-refractivity contribution in [2.24, 2.45) is 10.8 Å². The van der Waals surface area contributed by atoms with Gasteiger partial charge in [-0.05, 0) is 24.3 Å². The first kappa shape index (κ1) is 34.0. The number of rotatable bonds is 6. The highest BCUT2D eigenvalue weighted by Crippen LogP contribution is 2.38. The fourth-order valence-electron chi connectivity index (χ4n) is 5.52. The second-order valence-electron chi connectivity index (χ2n) is 14.2.